The fourth-order valence-corrected chi connectivity index (χ4v) is 1.16. The van der Waals surface area contributed by atoms with Crippen molar-refractivity contribution in [1.29, 1.82) is 0 Å². The second kappa shape index (κ2) is 8.28. The van der Waals surface area contributed by atoms with Gasteiger partial charge in [-0.25, -0.2) is 0 Å². The van der Waals surface area contributed by atoms with Crippen molar-refractivity contribution in [2.75, 3.05) is 0 Å². The maximum atomic E-state index is 11.0. The Kier molecular flexibility index (Phi) is 7.35. The number of hydrogen-bond donors (Lipinski definition) is 0. The zero-order valence-electron chi connectivity index (χ0n) is 10.8. The summed E-state index contributed by atoms with van der Waals surface area (Å²) in [6.07, 6.45) is 8.60. The first kappa shape index (κ1) is 15.1. The van der Waals surface area contributed by atoms with E-state index in [0.717, 1.165) is 5.57 Å². The molecule has 0 aliphatic heterocycles. The second-order valence-corrected chi connectivity index (χ2v) is 3.16. The molecule has 0 spiro atoms. The quantitative estimate of drug-likeness (QED) is 0.576. The van der Waals surface area contributed by atoms with Gasteiger partial charge in [-0.3, -0.25) is 9.48 Å². The molecule has 0 aliphatic rings. The van der Waals surface area contributed by atoms with E-state index in [9.17, 15) is 4.79 Å². The average molecular weight is 232 g/mol. The number of aromatic nitrogens is 2. The van der Waals surface area contributed by atoms with Gasteiger partial charge in [-0.1, -0.05) is 45.2 Å². The van der Waals surface area contributed by atoms with Crippen molar-refractivity contribution in [3.8, 4) is 0 Å². The number of hydrogen-bond acceptors (Lipinski definition) is 2. The van der Waals surface area contributed by atoms with Gasteiger partial charge in [0.05, 0.1) is 18.3 Å². The number of Topliss-reactive ketones (excluding diaryl/α,β-unsaturated/α-hetero) is 1. The molecule has 0 N–H and O–H groups in total. The molecule has 3 nitrogen and oxygen atoms in total. The SMILES string of the molecule is C=C/C=C(\C=C)Cn1cc(C(C)=O)cn1.CC. The largest absolute Gasteiger partial charge is 0.294 e. The van der Waals surface area contributed by atoms with Crippen molar-refractivity contribution < 1.29 is 4.79 Å². The fraction of sp³-hybridized carbons (Fsp3) is 0.286. The highest BCUT2D eigenvalue weighted by molar-refractivity contribution is 5.93. The summed E-state index contributed by atoms with van der Waals surface area (Å²) in [5.74, 6) is 0.0223. The zero-order chi connectivity index (χ0) is 13.3. The van der Waals surface area contributed by atoms with E-state index < -0.39 is 0 Å². The monoisotopic (exact) mass is 232 g/mol. The topological polar surface area (TPSA) is 34.9 Å². The van der Waals surface area contributed by atoms with E-state index in [1.54, 1.807) is 29.2 Å². The van der Waals surface area contributed by atoms with E-state index in [4.69, 9.17) is 0 Å². The van der Waals surface area contributed by atoms with Crippen LogP contribution in [-0.2, 0) is 6.54 Å². The van der Waals surface area contributed by atoms with Gasteiger partial charge in [0.15, 0.2) is 5.78 Å². The van der Waals surface area contributed by atoms with Gasteiger partial charge in [0.1, 0.15) is 0 Å². The number of allylic oxidation sites excluding steroid dienone is 4. The highest BCUT2D eigenvalue weighted by atomic mass is 16.1. The van der Waals surface area contributed by atoms with Crippen LogP contribution in [-0.4, -0.2) is 15.6 Å². The summed E-state index contributed by atoms with van der Waals surface area (Å²) in [5, 5.41) is 4.08. The first-order chi connectivity index (χ1) is 8.17. The van der Waals surface area contributed by atoms with Crippen LogP contribution in [0.5, 0.6) is 0 Å². The molecule has 0 aliphatic carbocycles. The summed E-state index contributed by atoms with van der Waals surface area (Å²) in [4.78, 5) is 11.0. The number of ketones is 1. The van der Waals surface area contributed by atoms with Crippen molar-refractivity contribution >= 4 is 5.78 Å². The summed E-state index contributed by atoms with van der Waals surface area (Å²) in [7, 11) is 0. The first-order valence-corrected chi connectivity index (χ1v) is 5.64. The fourth-order valence-electron chi connectivity index (χ4n) is 1.16. The number of nitrogens with zero attached hydrogens (tertiary/aromatic N) is 2. The van der Waals surface area contributed by atoms with Gasteiger partial charge < -0.3 is 0 Å². The molecule has 0 amide bonds. The number of carbonyl (C=O) groups is 1. The Balaban J connectivity index is 0.00000121. The molecule has 17 heavy (non-hydrogen) atoms. The molecule has 3 heteroatoms. The van der Waals surface area contributed by atoms with Gasteiger partial charge in [0.25, 0.3) is 0 Å². The molecule has 0 aromatic carbocycles. The lowest BCUT2D eigenvalue weighted by Gasteiger charge is -2.00. The molecule has 0 saturated carbocycles. The average Bonchev–Trinajstić information content (AvgIpc) is 2.80. The zero-order valence-corrected chi connectivity index (χ0v) is 10.8. The van der Waals surface area contributed by atoms with Crippen LogP contribution in [0.1, 0.15) is 31.1 Å². The molecule has 0 atom stereocenters. The molecule has 0 fully saturated rings. The van der Waals surface area contributed by atoms with Crippen molar-refractivity contribution in [2.45, 2.75) is 27.3 Å². The van der Waals surface area contributed by atoms with Gasteiger partial charge in [-0.2, -0.15) is 5.10 Å². The summed E-state index contributed by atoms with van der Waals surface area (Å²) >= 11 is 0. The van der Waals surface area contributed by atoms with Crippen LogP contribution >= 0.6 is 0 Å². The highest BCUT2D eigenvalue weighted by Gasteiger charge is 2.03. The van der Waals surface area contributed by atoms with E-state index in [-0.39, 0.29) is 5.78 Å². The Morgan fingerprint density at radius 3 is 2.53 bits per heavy atom. The van der Waals surface area contributed by atoms with Crippen molar-refractivity contribution in [3.05, 3.63) is 54.9 Å². The minimum atomic E-state index is 0.0223. The van der Waals surface area contributed by atoms with Gasteiger partial charge in [-0.15, -0.1) is 0 Å². The Morgan fingerprint density at radius 1 is 1.47 bits per heavy atom. The molecule has 0 unspecified atom stereocenters. The van der Waals surface area contributed by atoms with Crippen molar-refractivity contribution in [3.63, 3.8) is 0 Å². The Bertz CT molecular complexity index is 414. The second-order valence-electron chi connectivity index (χ2n) is 3.16. The molecule has 1 heterocycles. The minimum absolute atomic E-state index is 0.0223. The molecule has 0 bridgehead atoms. The molecule has 0 radical (unpaired) electrons. The highest BCUT2D eigenvalue weighted by Crippen LogP contribution is 2.04. The third-order valence-electron chi connectivity index (χ3n) is 1.98. The molecule has 1 aromatic rings. The normalized spacial score (nSPS) is 10.2. The standard InChI is InChI=1S/C12H14N2O.C2H6/c1-4-6-11(5-2)8-14-9-12(7-13-14)10(3)15;1-2/h4-7,9H,1-2,8H2,3H3;1-2H3/b11-6+;. The predicted molar refractivity (Wildman–Crippen MR) is 72.1 cm³/mol. The third-order valence-corrected chi connectivity index (χ3v) is 1.98. The van der Waals surface area contributed by atoms with E-state index in [2.05, 4.69) is 18.3 Å². The summed E-state index contributed by atoms with van der Waals surface area (Å²) in [6, 6.07) is 0. The smallest absolute Gasteiger partial charge is 0.162 e. The van der Waals surface area contributed by atoms with E-state index in [1.165, 1.54) is 6.92 Å². The molecule has 1 rings (SSSR count). The Morgan fingerprint density at radius 2 is 2.12 bits per heavy atom. The van der Waals surface area contributed by atoms with Crippen LogP contribution < -0.4 is 0 Å². The number of rotatable bonds is 5. The Labute approximate surface area is 103 Å². The molecular weight excluding hydrogens is 212 g/mol. The van der Waals surface area contributed by atoms with Crippen LogP contribution in [0.4, 0.5) is 0 Å². The minimum Gasteiger partial charge on any atom is -0.294 e. The van der Waals surface area contributed by atoms with Gasteiger partial charge >= 0.3 is 0 Å². The Hall–Kier alpha value is -1.90. The van der Waals surface area contributed by atoms with E-state index in [0.29, 0.717) is 12.1 Å². The molecule has 1 aromatic heterocycles. The van der Waals surface area contributed by atoms with Gasteiger partial charge in [-0.05, 0) is 12.5 Å². The van der Waals surface area contributed by atoms with E-state index in [1.807, 2.05) is 19.9 Å². The first-order valence-electron chi connectivity index (χ1n) is 5.64. The molecule has 0 saturated heterocycles. The van der Waals surface area contributed by atoms with Crippen LogP contribution in [0.3, 0.4) is 0 Å². The van der Waals surface area contributed by atoms with Crippen LogP contribution in [0, 0.1) is 0 Å². The number of carbonyl (C=O) groups excluding carboxylic acids is 1. The van der Waals surface area contributed by atoms with E-state index >= 15 is 0 Å². The molecule has 92 valence electrons. The van der Waals surface area contributed by atoms with Crippen molar-refractivity contribution in [1.82, 2.24) is 9.78 Å². The molecular formula is C14H20N2O. The van der Waals surface area contributed by atoms with Gasteiger partial charge in [0, 0.05) is 6.20 Å². The maximum Gasteiger partial charge on any atom is 0.162 e. The van der Waals surface area contributed by atoms with Crippen molar-refractivity contribution in [2.24, 2.45) is 0 Å². The lowest BCUT2D eigenvalue weighted by molar-refractivity contribution is 0.101. The summed E-state index contributed by atoms with van der Waals surface area (Å²) < 4.78 is 1.70. The maximum absolute atomic E-state index is 11.0. The van der Waals surface area contributed by atoms with Gasteiger partial charge in [0.2, 0.25) is 0 Å². The third kappa shape index (κ3) is 5.11. The lowest BCUT2D eigenvalue weighted by atomic mass is 10.2. The van der Waals surface area contributed by atoms with Crippen LogP contribution in [0.2, 0.25) is 0 Å². The van der Waals surface area contributed by atoms with Crippen LogP contribution in [0.15, 0.2) is 49.4 Å². The lowest BCUT2D eigenvalue weighted by Crippen LogP contribution is -2.00. The summed E-state index contributed by atoms with van der Waals surface area (Å²) in [6.45, 7) is 13.4. The predicted octanol–water partition coefficient (Wildman–Crippen LogP) is 3.41. The van der Waals surface area contributed by atoms with Crippen LogP contribution in [0.25, 0.3) is 0 Å². The summed E-state index contributed by atoms with van der Waals surface area (Å²) in [5.41, 5.74) is 1.63.